The van der Waals surface area contributed by atoms with Crippen molar-refractivity contribution in [2.24, 2.45) is 0 Å². The van der Waals surface area contributed by atoms with Crippen molar-refractivity contribution in [3.05, 3.63) is 92.2 Å². The van der Waals surface area contributed by atoms with Crippen LogP contribution in [0.15, 0.2) is 71.1 Å². The van der Waals surface area contributed by atoms with Crippen LogP contribution in [0.5, 0.6) is 0 Å². The first-order valence-electron chi connectivity index (χ1n) is 12.4. The lowest BCUT2D eigenvalue weighted by atomic mass is 9.71. The number of halogens is 2. The van der Waals surface area contributed by atoms with Crippen molar-refractivity contribution in [1.82, 2.24) is 5.32 Å². The molecule has 2 aromatic carbocycles. The first-order valence-corrected chi connectivity index (χ1v) is 13.1. The molecule has 0 unspecified atom stereocenters. The van der Waals surface area contributed by atoms with Gasteiger partial charge in [-0.1, -0.05) is 72.1 Å². The molecule has 3 aliphatic rings. The van der Waals surface area contributed by atoms with E-state index in [0.717, 1.165) is 36.9 Å². The Morgan fingerprint density at radius 3 is 2.46 bits per heavy atom. The summed E-state index contributed by atoms with van der Waals surface area (Å²) in [7, 11) is 0. The van der Waals surface area contributed by atoms with Gasteiger partial charge in [0.25, 0.3) is 0 Å². The number of benzene rings is 2. The second-order valence-corrected chi connectivity index (χ2v) is 10.5. The molecule has 0 amide bonds. The van der Waals surface area contributed by atoms with E-state index in [0.29, 0.717) is 45.3 Å². The summed E-state index contributed by atoms with van der Waals surface area (Å²) in [6, 6.07) is 15.5. The highest BCUT2D eigenvalue weighted by Gasteiger charge is 2.42. The van der Waals surface area contributed by atoms with Gasteiger partial charge in [0.05, 0.1) is 15.6 Å². The molecule has 2 aliphatic carbocycles. The fraction of sp³-hybridized carbons (Fsp3) is 0.379. The van der Waals surface area contributed by atoms with Crippen LogP contribution in [-0.2, 0) is 14.3 Å². The van der Waals surface area contributed by atoms with E-state index < -0.39 is 5.92 Å². The number of carbonyl (C=O) groups excluding carboxylic acids is 2. The number of dihydropyridines is 1. The summed E-state index contributed by atoms with van der Waals surface area (Å²) in [4.78, 5) is 27.3. The fourth-order valence-electron chi connectivity index (χ4n) is 5.72. The SMILES string of the molecule is CC1=C(C(=O)OC2CCCCC2)[C@@H](c2cccc(Cl)c2Cl)C2=C(C[C@@H](c3ccccc3)CC2=O)N1. The third kappa shape index (κ3) is 4.79. The summed E-state index contributed by atoms with van der Waals surface area (Å²) < 4.78 is 5.98. The Labute approximate surface area is 216 Å². The van der Waals surface area contributed by atoms with Crippen LogP contribution in [0.2, 0.25) is 10.0 Å². The Hall–Kier alpha value is -2.56. The zero-order valence-electron chi connectivity index (χ0n) is 19.8. The average Bonchev–Trinajstić information content (AvgIpc) is 2.86. The van der Waals surface area contributed by atoms with Gasteiger partial charge in [-0.15, -0.1) is 0 Å². The fourth-order valence-corrected chi connectivity index (χ4v) is 6.14. The second kappa shape index (κ2) is 10.2. The lowest BCUT2D eigenvalue weighted by Crippen LogP contribution is -2.37. The lowest BCUT2D eigenvalue weighted by molar-refractivity contribution is -0.146. The van der Waals surface area contributed by atoms with E-state index in [4.69, 9.17) is 27.9 Å². The minimum atomic E-state index is -0.613. The standard InChI is InChI=1S/C29H29Cl2NO3/c1-17-25(29(34)35-20-11-6-3-7-12-20)26(21-13-8-14-22(30)28(21)31)27-23(32-17)15-19(16-24(27)33)18-9-4-2-5-10-18/h2,4-5,8-10,13-14,19-20,26,32H,3,6-7,11-12,15-16H2,1H3/t19-,26-/m1/s1. The highest BCUT2D eigenvalue weighted by molar-refractivity contribution is 6.42. The Morgan fingerprint density at radius 1 is 0.971 bits per heavy atom. The number of allylic oxidation sites excluding steroid dienone is 3. The number of rotatable bonds is 4. The average molecular weight is 510 g/mol. The third-order valence-electron chi connectivity index (χ3n) is 7.44. The van der Waals surface area contributed by atoms with Crippen LogP contribution in [-0.4, -0.2) is 17.9 Å². The minimum absolute atomic E-state index is 0.0177. The van der Waals surface area contributed by atoms with Crippen molar-refractivity contribution in [2.75, 3.05) is 0 Å². The maximum absolute atomic E-state index is 13.7. The molecule has 35 heavy (non-hydrogen) atoms. The molecule has 0 spiro atoms. The first-order chi connectivity index (χ1) is 16.9. The molecular weight excluding hydrogens is 481 g/mol. The highest BCUT2D eigenvalue weighted by Crippen LogP contribution is 2.48. The van der Waals surface area contributed by atoms with Crippen LogP contribution in [0, 0.1) is 0 Å². The van der Waals surface area contributed by atoms with Gasteiger partial charge in [0.2, 0.25) is 0 Å². The summed E-state index contributed by atoms with van der Waals surface area (Å²) in [6.45, 7) is 1.88. The van der Waals surface area contributed by atoms with Gasteiger partial charge in [-0.05, 0) is 62.1 Å². The summed E-state index contributed by atoms with van der Waals surface area (Å²) >= 11 is 13.1. The van der Waals surface area contributed by atoms with Crippen LogP contribution in [0.25, 0.3) is 0 Å². The molecule has 1 heterocycles. The molecule has 0 aromatic heterocycles. The number of ether oxygens (including phenoxy) is 1. The predicted octanol–water partition coefficient (Wildman–Crippen LogP) is 7.23. The van der Waals surface area contributed by atoms with Crippen molar-refractivity contribution in [1.29, 1.82) is 0 Å². The van der Waals surface area contributed by atoms with E-state index in [2.05, 4.69) is 17.4 Å². The first kappa shape index (κ1) is 24.1. The van der Waals surface area contributed by atoms with E-state index in [1.807, 2.05) is 37.3 Å². The quantitative estimate of drug-likeness (QED) is 0.441. The minimum Gasteiger partial charge on any atom is -0.459 e. The summed E-state index contributed by atoms with van der Waals surface area (Å²) in [5, 5.41) is 4.17. The van der Waals surface area contributed by atoms with Gasteiger partial charge in [-0.25, -0.2) is 4.79 Å². The smallest absolute Gasteiger partial charge is 0.337 e. The maximum atomic E-state index is 13.7. The van der Waals surface area contributed by atoms with Gasteiger partial charge < -0.3 is 10.1 Å². The maximum Gasteiger partial charge on any atom is 0.337 e. The van der Waals surface area contributed by atoms with Gasteiger partial charge in [0.15, 0.2) is 5.78 Å². The number of hydrogen-bond donors (Lipinski definition) is 1. The number of hydrogen-bond acceptors (Lipinski definition) is 4. The zero-order chi connectivity index (χ0) is 24.5. The number of nitrogens with one attached hydrogen (secondary N) is 1. The van der Waals surface area contributed by atoms with E-state index in [9.17, 15) is 9.59 Å². The normalized spacial score (nSPS) is 23.1. The molecule has 0 saturated heterocycles. The van der Waals surface area contributed by atoms with Crippen molar-refractivity contribution in [3.63, 3.8) is 0 Å². The molecular formula is C29H29Cl2NO3. The third-order valence-corrected chi connectivity index (χ3v) is 8.27. The van der Waals surface area contributed by atoms with Crippen LogP contribution >= 0.6 is 23.2 Å². The number of carbonyl (C=O) groups is 2. The van der Waals surface area contributed by atoms with E-state index in [1.165, 1.54) is 6.42 Å². The molecule has 182 valence electrons. The zero-order valence-corrected chi connectivity index (χ0v) is 21.3. The largest absolute Gasteiger partial charge is 0.459 e. The molecule has 0 radical (unpaired) electrons. The van der Waals surface area contributed by atoms with E-state index in [1.54, 1.807) is 6.07 Å². The van der Waals surface area contributed by atoms with Crippen LogP contribution in [0.1, 0.15) is 74.8 Å². The van der Waals surface area contributed by atoms with Crippen molar-refractivity contribution in [2.45, 2.75) is 69.8 Å². The Morgan fingerprint density at radius 2 is 1.71 bits per heavy atom. The monoisotopic (exact) mass is 509 g/mol. The summed E-state index contributed by atoms with van der Waals surface area (Å²) in [5.41, 5.74) is 4.40. The number of ketones is 1. The van der Waals surface area contributed by atoms with E-state index in [-0.39, 0.29) is 23.8 Å². The topological polar surface area (TPSA) is 55.4 Å². The van der Waals surface area contributed by atoms with Gasteiger partial charge >= 0.3 is 5.97 Å². The Balaban J connectivity index is 1.56. The summed E-state index contributed by atoms with van der Waals surface area (Å²) in [5.74, 6) is -0.900. The Kier molecular flexibility index (Phi) is 7.04. The molecule has 2 aromatic rings. The number of esters is 1. The molecule has 6 heteroatoms. The lowest BCUT2D eigenvalue weighted by Gasteiger charge is -2.37. The molecule has 0 bridgehead atoms. The van der Waals surface area contributed by atoms with Crippen LogP contribution in [0.3, 0.4) is 0 Å². The summed E-state index contributed by atoms with van der Waals surface area (Å²) in [6.07, 6.45) is 6.02. The Bertz CT molecular complexity index is 1210. The molecule has 4 nitrogen and oxygen atoms in total. The molecule has 1 fully saturated rings. The highest BCUT2D eigenvalue weighted by atomic mass is 35.5. The molecule has 1 N–H and O–H groups in total. The second-order valence-electron chi connectivity index (χ2n) is 9.74. The van der Waals surface area contributed by atoms with Crippen LogP contribution < -0.4 is 5.32 Å². The van der Waals surface area contributed by atoms with Crippen molar-refractivity contribution < 1.29 is 14.3 Å². The van der Waals surface area contributed by atoms with Gasteiger partial charge in [0.1, 0.15) is 6.10 Å². The van der Waals surface area contributed by atoms with Crippen molar-refractivity contribution in [3.8, 4) is 0 Å². The van der Waals surface area contributed by atoms with Crippen LogP contribution in [0.4, 0.5) is 0 Å². The number of Topliss-reactive ketones (excluding diaryl/α,β-unsaturated/α-hetero) is 1. The molecule has 1 saturated carbocycles. The van der Waals surface area contributed by atoms with Gasteiger partial charge in [0, 0.05) is 29.3 Å². The van der Waals surface area contributed by atoms with Gasteiger partial charge in [-0.2, -0.15) is 0 Å². The predicted molar refractivity (Wildman–Crippen MR) is 138 cm³/mol. The molecule has 1 aliphatic heterocycles. The molecule has 5 rings (SSSR count). The van der Waals surface area contributed by atoms with Gasteiger partial charge in [-0.3, -0.25) is 4.79 Å². The molecule has 2 atom stereocenters. The van der Waals surface area contributed by atoms with E-state index >= 15 is 0 Å². The van der Waals surface area contributed by atoms with Crippen molar-refractivity contribution >= 4 is 35.0 Å².